The summed E-state index contributed by atoms with van der Waals surface area (Å²) in [5.41, 5.74) is 4.83. The Morgan fingerprint density at radius 3 is 2.03 bits per heavy atom. The molecule has 0 saturated heterocycles. The number of hydrogen-bond donors (Lipinski definition) is 0. The second kappa shape index (κ2) is 8.91. The lowest BCUT2D eigenvalue weighted by Crippen LogP contribution is -2.14. The van der Waals surface area contributed by atoms with Gasteiger partial charge in [0, 0.05) is 47.9 Å². The molecule has 1 saturated carbocycles. The Labute approximate surface area is 191 Å². The van der Waals surface area contributed by atoms with Crippen molar-refractivity contribution in [2.45, 2.75) is 0 Å². The van der Waals surface area contributed by atoms with E-state index in [4.69, 9.17) is 10.5 Å². The van der Waals surface area contributed by atoms with E-state index < -0.39 is 0 Å². The van der Waals surface area contributed by atoms with Crippen LogP contribution < -0.4 is 10.4 Å². The zero-order valence-electron chi connectivity index (χ0n) is 17.7. The van der Waals surface area contributed by atoms with Crippen molar-refractivity contribution < 1.29 is 0 Å². The first-order valence-corrected chi connectivity index (χ1v) is 10.1. The van der Waals surface area contributed by atoms with Crippen LogP contribution >= 0.6 is 0 Å². The quantitative estimate of drug-likeness (QED) is 0.685. The van der Waals surface area contributed by atoms with Gasteiger partial charge in [0.25, 0.3) is 0 Å². The summed E-state index contributed by atoms with van der Waals surface area (Å²) in [6.07, 6.45) is 9.06. The van der Waals surface area contributed by atoms with E-state index >= 15 is 0 Å². The van der Waals surface area contributed by atoms with Gasteiger partial charge in [0.1, 0.15) is 29.8 Å². The molecule has 0 N–H and O–H groups in total. The van der Waals surface area contributed by atoms with Crippen LogP contribution in [0.15, 0.2) is 89.4 Å². The minimum atomic E-state index is 0.0303. The van der Waals surface area contributed by atoms with Crippen LogP contribution in [0.4, 0.5) is 0 Å². The summed E-state index contributed by atoms with van der Waals surface area (Å²) in [7, 11) is 1.95. The van der Waals surface area contributed by atoms with E-state index in [0.29, 0.717) is 22.9 Å². The van der Waals surface area contributed by atoms with Crippen LogP contribution in [0.25, 0.3) is 16.7 Å². The molecular weight excluding hydrogens is 408 g/mol. The van der Waals surface area contributed by atoms with Crippen LogP contribution in [-0.4, -0.2) is 23.5 Å². The van der Waals surface area contributed by atoms with Crippen molar-refractivity contribution in [2.75, 3.05) is 13.6 Å². The summed E-state index contributed by atoms with van der Waals surface area (Å²) in [6, 6.07) is 19.0. The summed E-state index contributed by atoms with van der Waals surface area (Å²) in [5.74, 6) is 0. The fourth-order valence-corrected chi connectivity index (χ4v) is 3.75. The maximum absolute atomic E-state index is 10.0. The molecule has 0 radical (unpaired) electrons. The van der Waals surface area contributed by atoms with Gasteiger partial charge in [0.05, 0.1) is 11.1 Å². The van der Waals surface area contributed by atoms with Gasteiger partial charge in [0.15, 0.2) is 0 Å². The monoisotopic (exact) mass is 424 g/mol. The predicted octanol–water partition coefficient (Wildman–Crippen LogP) is 2.63. The molecule has 1 aliphatic heterocycles. The third-order valence-corrected chi connectivity index (χ3v) is 5.46. The largest absolute Gasteiger partial charge is 0.377 e. The fraction of sp³-hybridized carbons (Fsp3) is 0.0741. The Kier molecular flexibility index (Phi) is 5.69. The lowest BCUT2D eigenvalue weighted by Gasteiger charge is -2.16. The van der Waals surface area contributed by atoms with Gasteiger partial charge in [-0.1, -0.05) is 30.3 Å². The first-order chi connectivity index (χ1) is 16.1. The molecule has 0 amide bonds. The lowest BCUT2D eigenvalue weighted by atomic mass is 10.0. The summed E-state index contributed by atoms with van der Waals surface area (Å²) in [5, 5.41) is 39.6. The third-order valence-electron chi connectivity index (χ3n) is 5.46. The van der Waals surface area contributed by atoms with Crippen LogP contribution in [0, 0.1) is 45.3 Å². The van der Waals surface area contributed by atoms with Crippen molar-refractivity contribution in [3.8, 4) is 24.3 Å². The number of hydrogen-bond acceptors (Lipinski definition) is 6. The Morgan fingerprint density at radius 2 is 1.48 bits per heavy atom. The summed E-state index contributed by atoms with van der Waals surface area (Å²) in [4.78, 5) is 6.04. The molecule has 1 fully saturated rings. The van der Waals surface area contributed by atoms with E-state index in [2.05, 4.69) is 17.1 Å². The molecular formula is C27H16N6. The Morgan fingerprint density at radius 1 is 0.848 bits per heavy atom. The molecule has 0 bridgehead atoms. The number of pyridine rings is 1. The van der Waals surface area contributed by atoms with Crippen molar-refractivity contribution in [2.24, 2.45) is 0 Å². The molecule has 4 rings (SSSR count). The second-order valence-electron chi connectivity index (χ2n) is 7.43. The summed E-state index contributed by atoms with van der Waals surface area (Å²) in [6.45, 7) is 0.684. The maximum Gasteiger partial charge on any atom is 0.136 e. The third kappa shape index (κ3) is 3.94. The maximum atomic E-state index is 10.0. The number of allylic oxidation sites excluding steroid dienone is 6. The summed E-state index contributed by atoms with van der Waals surface area (Å²) >= 11 is 0. The fourth-order valence-electron chi connectivity index (χ4n) is 3.75. The zero-order chi connectivity index (χ0) is 23.4. The van der Waals surface area contributed by atoms with Crippen molar-refractivity contribution in [3.05, 3.63) is 105 Å². The molecule has 0 atom stereocenters. The average molecular weight is 424 g/mol. The van der Waals surface area contributed by atoms with Gasteiger partial charge in [-0.25, -0.2) is 0 Å². The van der Waals surface area contributed by atoms with Crippen LogP contribution in [0.5, 0.6) is 0 Å². The Bertz CT molecular complexity index is 1530. The Balaban J connectivity index is 2.03. The molecule has 6 nitrogen and oxygen atoms in total. The Hall–Kier alpha value is -5.17. The van der Waals surface area contributed by atoms with Gasteiger partial charge in [-0.2, -0.15) is 21.0 Å². The normalized spacial score (nSPS) is 17.1. The van der Waals surface area contributed by atoms with Crippen LogP contribution in [0.1, 0.15) is 5.56 Å². The first kappa shape index (κ1) is 21.1. The molecule has 1 aliphatic carbocycles. The number of nitriles is 4. The van der Waals surface area contributed by atoms with E-state index in [1.807, 2.05) is 54.6 Å². The van der Waals surface area contributed by atoms with Crippen molar-refractivity contribution in [1.82, 2.24) is 9.88 Å². The highest BCUT2D eigenvalue weighted by atomic mass is 15.1. The highest BCUT2D eigenvalue weighted by Crippen LogP contribution is 2.52. The molecule has 1 aromatic carbocycles. The molecule has 2 aromatic rings. The van der Waals surface area contributed by atoms with Crippen LogP contribution in [0.3, 0.4) is 0 Å². The van der Waals surface area contributed by atoms with E-state index in [1.165, 1.54) is 0 Å². The highest BCUT2D eigenvalue weighted by molar-refractivity contribution is 6.16. The number of likely N-dealkylation sites (N-methyl/N-ethyl adjacent to an activating group) is 1. The smallest absolute Gasteiger partial charge is 0.136 e. The van der Waals surface area contributed by atoms with E-state index in [9.17, 15) is 10.5 Å². The lowest BCUT2D eigenvalue weighted by molar-refractivity contribution is 0.503. The predicted molar refractivity (Wildman–Crippen MR) is 123 cm³/mol. The van der Waals surface area contributed by atoms with Crippen molar-refractivity contribution in [3.63, 3.8) is 0 Å². The molecule has 0 unspecified atom stereocenters. The standard InChI is InChI=1S/C27H16N6/c1-33-12-8-20(9-13-33)24(17-31)27-25(21-4-2-18(3-5-21)22(14-28)15-29)26(27)23(16-30)19-6-10-32-11-7-19/h2-12H,13H2,1H3/b26-23-,27-24+. The van der Waals surface area contributed by atoms with E-state index in [0.717, 1.165) is 33.1 Å². The van der Waals surface area contributed by atoms with E-state index in [1.54, 1.807) is 36.7 Å². The number of rotatable bonds is 2. The molecule has 154 valence electrons. The minimum Gasteiger partial charge on any atom is -0.377 e. The van der Waals surface area contributed by atoms with E-state index in [-0.39, 0.29) is 5.57 Å². The topological polar surface area (TPSA) is 111 Å². The first-order valence-electron chi connectivity index (χ1n) is 10.1. The molecule has 1 aromatic heterocycles. The number of nitrogens with zero attached hydrogens (tertiary/aromatic N) is 6. The minimum absolute atomic E-state index is 0.0303. The molecule has 6 heteroatoms. The van der Waals surface area contributed by atoms with Gasteiger partial charge in [0.2, 0.25) is 0 Å². The molecule has 2 heterocycles. The van der Waals surface area contributed by atoms with Gasteiger partial charge < -0.3 is 4.90 Å². The van der Waals surface area contributed by atoms with Crippen molar-refractivity contribution in [1.29, 1.82) is 21.0 Å². The van der Waals surface area contributed by atoms with Gasteiger partial charge in [-0.05, 0) is 40.8 Å². The molecule has 33 heavy (non-hydrogen) atoms. The second-order valence-corrected chi connectivity index (χ2v) is 7.43. The SMILES string of the molecule is CN1C=CC(/C(C#N)=C2\C(=c3ccc(=C(C#N)C#N)cc3)\C2=C(/C#N)c2ccncc2)=CC1. The van der Waals surface area contributed by atoms with Crippen molar-refractivity contribution >= 4 is 16.7 Å². The highest BCUT2D eigenvalue weighted by Gasteiger charge is 2.38. The molecule has 2 aliphatic rings. The molecule has 0 spiro atoms. The zero-order valence-corrected chi connectivity index (χ0v) is 17.7. The van der Waals surface area contributed by atoms with Gasteiger partial charge >= 0.3 is 0 Å². The van der Waals surface area contributed by atoms with Gasteiger partial charge in [-0.3, -0.25) is 4.98 Å². The average Bonchev–Trinajstić information content (AvgIpc) is 3.57. The number of benzene rings is 1. The summed E-state index contributed by atoms with van der Waals surface area (Å²) < 4.78 is 0. The van der Waals surface area contributed by atoms with Crippen LogP contribution in [0.2, 0.25) is 0 Å². The number of aromatic nitrogens is 1. The van der Waals surface area contributed by atoms with Gasteiger partial charge in [-0.15, -0.1) is 0 Å². The van der Waals surface area contributed by atoms with Crippen LogP contribution in [-0.2, 0) is 0 Å².